The fraction of sp³-hybridized carbons (Fsp3) is 0.450. The maximum Gasteiger partial charge on any atom is 0.407 e. The summed E-state index contributed by atoms with van der Waals surface area (Å²) in [6.07, 6.45) is -0.505. The van der Waals surface area contributed by atoms with Crippen LogP contribution < -0.4 is 20.7 Å². The predicted molar refractivity (Wildman–Crippen MR) is 202 cm³/mol. The van der Waals surface area contributed by atoms with Crippen LogP contribution >= 0.6 is 0 Å². The minimum Gasteiger partial charge on any atom is -0.491 e. The van der Waals surface area contributed by atoms with Gasteiger partial charge in [0.1, 0.15) is 29.8 Å². The fourth-order valence-corrected chi connectivity index (χ4v) is 6.81. The number of fused-ring (bicyclic) bond motifs is 3. The number of rotatable bonds is 7. The van der Waals surface area contributed by atoms with Crippen molar-refractivity contribution < 1.29 is 42.6 Å². The number of alkyl carbamates (subject to hydrolysis) is 1. The molecule has 15 heteroatoms. The number of carbonyl (C=O) groups is 6. The van der Waals surface area contributed by atoms with E-state index in [2.05, 4.69) is 16.0 Å². The van der Waals surface area contributed by atoms with Gasteiger partial charge in [0, 0.05) is 46.2 Å². The Morgan fingerprint density at radius 1 is 0.945 bits per heavy atom. The number of benzene rings is 3. The van der Waals surface area contributed by atoms with Crippen molar-refractivity contribution in [3.63, 3.8) is 0 Å². The molecule has 0 unspecified atom stereocenters. The van der Waals surface area contributed by atoms with Gasteiger partial charge in [0.05, 0.1) is 24.6 Å². The lowest BCUT2D eigenvalue weighted by Gasteiger charge is -2.28. The third kappa shape index (κ3) is 10.7. The Kier molecular flexibility index (Phi) is 12.9. The van der Waals surface area contributed by atoms with Gasteiger partial charge in [0.25, 0.3) is 5.91 Å². The normalized spacial score (nSPS) is 19.8. The van der Waals surface area contributed by atoms with Gasteiger partial charge in [-0.05, 0) is 68.1 Å². The Morgan fingerprint density at radius 3 is 2.44 bits per heavy atom. The van der Waals surface area contributed by atoms with Gasteiger partial charge in [-0.2, -0.15) is 0 Å². The molecule has 2 aliphatic rings. The number of amides is 6. The van der Waals surface area contributed by atoms with E-state index in [1.54, 1.807) is 25.7 Å². The highest BCUT2D eigenvalue weighted by molar-refractivity contribution is 6.00. The monoisotopic (exact) mass is 760 g/mol. The van der Waals surface area contributed by atoms with Gasteiger partial charge in [-0.1, -0.05) is 42.5 Å². The second kappa shape index (κ2) is 17.6. The van der Waals surface area contributed by atoms with Gasteiger partial charge in [-0.15, -0.1) is 0 Å². The van der Waals surface area contributed by atoms with Gasteiger partial charge >= 0.3 is 6.09 Å². The number of nitrogens with zero attached hydrogens (tertiary/aromatic N) is 3. The summed E-state index contributed by atoms with van der Waals surface area (Å²) >= 11 is 0. The van der Waals surface area contributed by atoms with E-state index in [1.165, 1.54) is 25.1 Å². The average Bonchev–Trinajstić information content (AvgIpc) is 3.53. The van der Waals surface area contributed by atoms with Crippen LogP contribution in [0, 0.1) is 5.82 Å². The molecule has 3 aromatic carbocycles. The van der Waals surface area contributed by atoms with Gasteiger partial charge < -0.3 is 40.1 Å². The van der Waals surface area contributed by atoms with Crippen LogP contribution in [0.15, 0.2) is 60.7 Å². The lowest BCUT2D eigenvalue weighted by atomic mass is 10.0. The van der Waals surface area contributed by atoms with E-state index >= 15 is 0 Å². The molecule has 1 fully saturated rings. The van der Waals surface area contributed by atoms with Crippen molar-refractivity contribution in [1.29, 1.82) is 0 Å². The maximum absolute atomic E-state index is 14.6. The van der Waals surface area contributed by atoms with Crippen molar-refractivity contribution in [2.75, 3.05) is 46.9 Å². The zero-order valence-electron chi connectivity index (χ0n) is 31.9. The van der Waals surface area contributed by atoms with Crippen LogP contribution in [0.3, 0.4) is 0 Å². The molecule has 1 saturated heterocycles. The summed E-state index contributed by atoms with van der Waals surface area (Å²) in [6.45, 7) is 4.98. The van der Waals surface area contributed by atoms with Crippen LogP contribution in [0.4, 0.5) is 9.18 Å². The Morgan fingerprint density at radius 2 is 1.67 bits per heavy atom. The van der Waals surface area contributed by atoms with E-state index < -0.39 is 53.4 Å². The van der Waals surface area contributed by atoms with Crippen molar-refractivity contribution in [3.8, 4) is 5.75 Å². The molecule has 0 aromatic heterocycles. The fourth-order valence-electron chi connectivity index (χ4n) is 6.81. The summed E-state index contributed by atoms with van der Waals surface area (Å²) in [7, 11) is 2.86. The molecule has 2 heterocycles. The number of nitrogens with one attached hydrogen (secondary N) is 3. The first kappa shape index (κ1) is 40.5. The molecule has 14 nitrogen and oxygen atoms in total. The molecule has 5 rings (SSSR count). The molecule has 0 spiro atoms. The highest BCUT2D eigenvalue weighted by atomic mass is 19.1. The van der Waals surface area contributed by atoms with E-state index in [0.717, 1.165) is 33.4 Å². The Labute approximate surface area is 319 Å². The first-order valence-electron chi connectivity index (χ1n) is 18.3. The Bertz CT molecular complexity index is 1930. The van der Waals surface area contributed by atoms with Crippen LogP contribution in [0.25, 0.3) is 10.8 Å². The summed E-state index contributed by atoms with van der Waals surface area (Å²) in [5.41, 5.74) is 0.0115. The number of carbonyl (C=O) groups excluding carboxylic acids is 6. The SMILES string of the molecule is CN1CC(=O)N2C[C@@H](NC(=O)Cc3cccc4ccccc34)C[C@H]2COc2ccc(F)cc2C(=O)N(C)[C@H](C(=O)NCCNC(=O)OC(C)(C)C)CCC1=O. The molecule has 2 aliphatic heterocycles. The van der Waals surface area contributed by atoms with Gasteiger partial charge in [-0.3, -0.25) is 24.0 Å². The van der Waals surface area contributed by atoms with E-state index in [9.17, 15) is 33.2 Å². The standard InChI is InChI=1S/C40H49FN6O8/c1-40(2,3)55-39(53)43-18-17-42-37(51)32-14-16-35(49)45(4)23-36(50)47-22-28(44-34(48)19-26-11-8-10-25-9-6-7-12-30(25)26)21-29(47)24-54-33-15-13-27(41)20-31(33)38(52)46(32)5/h6-13,15,20,28-29,32H,14,16-19,21-24H2,1-5H3,(H,42,51)(H,43,53)(H,44,48)/t28-,29-,32-/m0/s1. The molecule has 0 bridgehead atoms. The van der Waals surface area contributed by atoms with Crippen LogP contribution in [-0.2, 0) is 30.3 Å². The minimum absolute atomic E-state index is 0.00484. The largest absolute Gasteiger partial charge is 0.491 e. The molecule has 3 atom stereocenters. The first-order chi connectivity index (χ1) is 26.1. The number of hydrogen-bond acceptors (Lipinski definition) is 8. The number of hydrogen-bond donors (Lipinski definition) is 3. The molecular formula is C40H49FN6O8. The highest BCUT2D eigenvalue weighted by Crippen LogP contribution is 2.27. The summed E-state index contributed by atoms with van der Waals surface area (Å²) < 4.78 is 26.0. The second-order valence-electron chi connectivity index (χ2n) is 14.9. The smallest absolute Gasteiger partial charge is 0.407 e. The number of halogens is 1. The lowest BCUT2D eigenvalue weighted by Crippen LogP contribution is -2.50. The van der Waals surface area contributed by atoms with Crippen LogP contribution in [0.5, 0.6) is 5.75 Å². The summed E-state index contributed by atoms with van der Waals surface area (Å²) in [5.74, 6) is -3.02. The maximum atomic E-state index is 14.6. The van der Waals surface area contributed by atoms with Crippen molar-refractivity contribution in [3.05, 3.63) is 77.6 Å². The molecule has 3 aromatic rings. The zero-order chi connectivity index (χ0) is 39.9. The van der Waals surface area contributed by atoms with Gasteiger partial charge in [-0.25, -0.2) is 9.18 Å². The molecule has 3 N–H and O–H groups in total. The Hall–Kier alpha value is -5.73. The summed E-state index contributed by atoms with van der Waals surface area (Å²) in [5, 5.41) is 10.3. The quantitative estimate of drug-likeness (QED) is 0.309. The lowest BCUT2D eigenvalue weighted by molar-refractivity contribution is -0.140. The molecule has 294 valence electrons. The van der Waals surface area contributed by atoms with E-state index in [4.69, 9.17) is 9.47 Å². The average molecular weight is 761 g/mol. The van der Waals surface area contributed by atoms with Gasteiger partial charge in [0.15, 0.2) is 0 Å². The highest BCUT2D eigenvalue weighted by Gasteiger charge is 2.38. The topological polar surface area (TPSA) is 167 Å². The molecule has 0 radical (unpaired) electrons. The third-order valence-electron chi connectivity index (χ3n) is 9.55. The first-order valence-corrected chi connectivity index (χ1v) is 18.3. The third-order valence-corrected chi connectivity index (χ3v) is 9.55. The predicted octanol–water partition coefficient (Wildman–Crippen LogP) is 3.02. The van der Waals surface area contributed by atoms with Crippen LogP contribution in [0.2, 0.25) is 0 Å². The number of likely N-dealkylation sites (N-methyl/N-ethyl adjacent to an activating group) is 2. The van der Waals surface area contributed by atoms with Crippen LogP contribution in [0.1, 0.15) is 56.0 Å². The summed E-state index contributed by atoms with van der Waals surface area (Å²) in [6, 6.07) is 14.9. The molecule has 55 heavy (non-hydrogen) atoms. The molecule has 6 amide bonds. The Balaban J connectivity index is 1.31. The number of ether oxygens (including phenoxy) is 2. The van der Waals surface area contributed by atoms with E-state index in [-0.39, 0.29) is 75.2 Å². The second-order valence-corrected chi connectivity index (χ2v) is 14.9. The molecular weight excluding hydrogens is 711 g/mol. The zero-order valence-corrected chi connectivity index (χ0v) is 31.9. The van der Waals surface area contributed by atoms with Gasteiger partial charge in [0.2, 0.25) is 23.6 Å². The van der Waals surface area contributed by atoms with Crippen molar-refractivity contribution in [1.82, 2.24) is 30.7 Å². The minimum atomic E-state index is -1.18. The van der Waals surface area contributed by atoms with E-state index in [1.807, 2.05) is 42.5 Å². The van der Waals surface area contributed by atoms with Crippen molar-refractivity contribution in [2.24, 2.45) is 0 Å². The molecule has 0 aliphatic carbocycles. The van der Waals surface area contributed by atoms with E-state index in [0.29, 0.717) is 6.42 Å². The molecule has 0 saturated carbocycles. The summed E-state index contributed by atoms with van der Waals surface area (Å²) in [4.78, 5) is 83.8. The van der Waals surface area contributed by atoms with Crippen molar-refractivity contribution in [2.45, 2.75) is 70.2 Å². The van der Waals surface area contributed by atoms with Crippen LogP contribution in [-0.4, -0.2) is 121 Å². The van der Waals surface area contributed by atoms with Crippen molar-refractivity contribution >= 4 is 46.4 Å².